The van der Waals surface area contributed by atoms with Gasteiger partial charge in [-0.15, -0.1) is 0 Å². The Morgan fingerprint density at radius 2 is 2.27 bits per heavy atom. The molecule has 0 N–H and O–H groups in total. The molecule has 3 heteroatoms. The molecule has 0 spiro atoms. The summed E-state index contributed by atoms with van der Waals surface area (Å²) in [4.78, 5) is 0. The van der Waals surface area contributed by atoms with E-state index in [4.69, 9.17) is 12.2 Å². The largest absolute Gasteiger partial charge is 0.105 e. The third-order valence-corrected chi connectivity index (χ3v) is 4.42. The molecule has 0 amide bonds. The number of hydrogen-bond acceptors (Lipinski definition) is 3. The molecule has 0 aliphatic rings. The van der Waals surface area contributed by atoms with Crippen molar-refractivity contribution < 1.29 is 0 Å². The summed E-state index contributed by atoms with van der Waals surface area (Å²) in [7, 11) is 3.48. The van der Waals surface area contributed by atoms with Crippen molar-refractivity contribution in [1.29, 1.82) is 0 Å². The predicted octanol–water partition coefficient (Wildman–Crippen LogP) is 4.27. The van der Waals surface area contributed by atoms with E-state index in [2.05, 4.69) is 12.3 Å². The fourth-order valence-electron chi connectivity index (χ4n) is 0.954. The van der Waals surface area contributed by atoms with E-state index < -0.39 is 0 Å². The van der Waals surface area contributed by atoms with Gasteiger partial charge in [0.2, 0.25) is 0 Å². The van der Waals surface area contributed by atoms with Crippen molar-refractivity contribution >= 4 is 32.9 Å². The van der Waals surface area contributed by atoms with E-state index in [-0.39, 0.29) is 0 Å². The van der Waals surface area contributed by atoms with E-state index in [0.29, 0.717) is 0 Å². The molecule has 0 saturated carbocycles. The van der Waals surface area contributed by atoms with Crippen LogP contribution >= 0.6 is 32.9 Å². The minimum Gasteiger partial charge on any atom is -0.0869 e. The van der Waals surface area contributed by atoms with Crippen LogP contribution in [0.5, 0.6) is 0 Å². The van der Waals surface area contributed by atoms with E-state index in [9.17, 15) is 0 Å². The highest BCUT2D eigenvalue weighted by Gasteiger charge is 1.96. The fraction of sp³-hybridized carbons (Fsp3) is 0.625. The van der Waals surface area contributed by atoms with E-state index in [0.717, 1.165) is 3.82 Å². The zero-order valence-corrected chi connectivity index (χ0v) is 9.08. The molecule has 0 nitrogen and oxygen atoms in total. The first-order chi connectivity index (χ1) is 5.34. The van der Waals surface area contributed by atoms with Crippen LogP contribution in [-0.2, 0) is 6.42 Å². The summed E-state index contributed by atoms with van der Waals surface area (Å²) >= 11 is 5.16. The zero-order valence-electron chi connectivity index (χ0n) is 6.63. The lowest BCUT2D eigenvalue weighted by atomic mass is 10.1. The summed E-state index contributed by atoms with van der Waals surface area (Å²) in [5, 5.41) is 2.20. The molecule has 0 aliphatic heterocycles. The van der Waals surface area contributed by atoms with Crippen LogP contribution < -0.4 is 0 Å². The molecule has 1 heterocycles. The molecule has 1 aromatic rings. The van der Waals surface area contributed by atoms with E-state index in [1.54, 1.807) is 20.7 Å². The second-order valence-corrected chi connectivity index (χ2v) is 5.31. The smallest absolute Gasteiger partial charge is 0.0869 e. The van der Waals surface area contributed by atoms with Gasteiger partial charge in [0.15, 0.2) is 0 Å². The Labute approximate surface area is 80.3 Å². The summed E-state index contributed by atoms with van der Waals surface area (Å²) in [6.45, 7) is 2.23. The first-order valence-corrected chi connectivity index (χ1v) is 6.53. The molecule has 0 saturated heterocycles. The Morgan fingerprint density at radius 3 is 2.82 bits per heavy atom. The van der Waals surface area contributed by atoms with Crippen LogP contribution in [0, 0.1) is 3.82 Å². The normalized spacial score (nSPS) is 10.3. The topological polar surface area (TPSA) is 0 Å². The fourth-order valence-corrected chi connectivity index (χ4v) is 3.45. The average molecular weight is 204 g/mol. The van der Waals surface area contributed by atoms with Gasteiger partial charge in [-0.05, 0) is 18.4 Å². The lowest BCUT2D eigenvalue weighted by Crippen LogP contribution is -1.81. The van der Waals surface area contributed by atoms with Crippen LogP contribution in [0.1, 0.15) is 31.7 Å². The van der Waals surface area contributed by atoms with Gasteiger partial charge in [-0.2, -0.15) is 0 Å². The molecule has 0 aromatic carbocycles. The zero-order chi connectivity index (χ0) is 8.10. The van der Waals surface area contributed by atoms with Gasteiger partial charge in [0.1, 0.15) is 3.82 Å². The van der Waals surface area contributed by atoms with Crippen LogP contribution in [-0.4, -0.2) is 0 Å². The molecule has 11 heavy (non-hydrogen) atoms. The van der Waals surface area contributed by atoms with E-state index >= 15 is 0 Å². The monoisotopic (exact) mass is 204 g/mol. The molecular weight excluding hydrogens is 192 g/mol. The van der Waals surface area contributed by atoms with Gasteiger partial charge >= 0.3 is 0 Å². The lowest BCUT2D eigenvalue weighted by Gasteiger charge is -1.93. The third kappa shape index (κ3) is 3.01. The second-order valence-electron chi connectivity index (χ2n) is 2.57. The number of rotatable bonds is 4. The Balaban J connectivity index is 2.39. The maximum Gasteiger partial charge on any atom is 0.105 e. The maximum atomic E-state index is 5.16. The minimum atomic E-state index is 1.10. The Kier molecular flexibility index (Phi) is 4.26. The van der Waals surface area contributed by atoms with E-state index in [1.165, 1.54) is 31.2 Å². The van der Waals surface area contributed by atoms with Gasteiger partial charge in [-0.1, -0.05) is 52.7 Å². The molecule has 0 radical (unpaired) electrons. The van der Waals surface area contributed by atoms with Crippen molar-refractivity contribution in [2.75, 3.05) is 0 Å². The van der Waals surface area contributed by atoms with Crippen molar-refractivity contribution in [3.8, 4) is 0 Å². The second kappa shape index (κ2) is 5.01. The standard InChI is InChI=1S/C8H12S3/c1-2-3-4-5-7-6-10-11-8(7)9/h6H,2-5H2,1H3. The molecule has 1 aromatic heterocycles. The van der Waals surface area contributed by atoms with Crippen LogP contribution in [0.15, 0.2) is 5.38 Å². The first kappa shape index (κ1) is 9.36. The van der Waals surface area contributed by atoms with Gasteiger partial charge in [0.25, 0.3) is 0 Å². The minimum absolute atomic E-state index is 1.10. The van der Waals surface area contributed by atoms with Crippen molar-refractivity contribution in [3.05, 3.63) is 14.8 Å². The lowest BCUT2D eigenvalue weighted by molar-refractivity contribution is 0.718. The molecule has 0 unspecified atom stereocenters. The quantitative estimate of drug-likeness (QED) is 0.401. The molecule has 62 valence electrons. The van der Waals surface area contributed by atoms with Crippen LogP contribution in [0.25, 0.3) is 0 Å². The SMILES string of the molecule is CCCCCc1cssc1=S. The maximum absolute atomic E-state index is 5.16. The highest BCUT2D eigenvalue weighted by Crippen LogP contribution is 2.18. The number of aryl methyl sites for hydroxylation is 1. The summed E-state index contributed by atoms with van der Waals surface area (Å²) in [6, 6.07) is 0. The number of unbranched alkanes of at least 4 members (excludes halogenated alkanes) is 2. The van der Waals surface area contributed by atoms with Crippen molar-refractivity contribution in [1.82, 2.24) is 0 Å². The van der Waals surface area contributed by atoms with Crippen LogP contribution in [0.2, 0.25) is 0 Å². The van der Waals surface area contributed by atoms with Gasteiger partial charge in [-0.3, -0.25) is 0 Å². The summed E-state index contributed by atoms with van der Waals surface area (Å²) in [6.07, 6.45) is 5.10. The summed E-state index contributed by atoms with van der Waals surface area (Å²) in [5.41, 5.74) is 1.39. The van der Waals surface area contributed by atoms with Crippen molar-refractivity contribution in [3.63, 3.8) is 0 Å². The van der Waals surface area contributed by atoms with Crippen LogP contribution in [0.3, 0.4) is 0 Å². The molecule has 0 fully saturated rings. The van der Waals surface area contributed by atoms with Gasteiger partial charge in [0, 0.05) is 5.38 Å². The molecular formula is C8H12S3. The third-order valence-electron chi connectivity index (χ3n) is 1.63. The molecule has 0 atom stereocenters. The Morgan fingerprint density at radius 1 is 1.45 bits per heavy atom. The van der Waals surface area contributed by atoms with E-state index in [1.807, 2.05) is 0 Å². The number of hydrogen-bond donors (Lipinski definition) is 0. The van der Waals surface area contributed by atoms with Gasteiger partial charge < -0.3 is 0 Å². The summed E-state index contributed by atoms with van der Waals surface area (Å²) in [5.74, 6) is 0. The van der Waals surface area contributed by atoms with Gasteiger partial charge in [-0.25, -0.2) is 0 Å². The summed E-state index contributed by atoms with van der Waals surface area (Å²) < 4.78 is 1.10. The van der Waals surface area contributed by atoms with Gasteiger partial charge in [0.05, 0.1) is 0 Å². The first-order valence-electron chi connectivity index (χ1n) is 3.91. The van der Waals surface area contributed by atoms with Crippen molar-refractivity contribution in [2.45, 2.75) is 32.6 Å². The Bertz CT molecular complexity index is 246. The molecule has 0 bridgehead atoms. The highest BCUT2D eigenvalue weighted by atomic mass is 32.9. The highest BCUT2D eigenvalue weighted by molar-refractivity contribution is 7.79. The Hall–Kier alpha value is 0.270. The molecule has 0 aliphatic carbocycles. The van der Waals surface area contributed by atoms with Crippen LogP contribution in [0.4, 0.5) is 0 Å². The average Bonchev–Trinajstić information content (AvgIpc) is 2.37. The molecule has 1 rings (SSSR count). The van der Waals surface area contributed by atoms with Crippen molar-refractivity contribution in [2.24, 2.45) is 0 Å². The predicted molar refractivity (Wildman–Crippen MR) is 56.3 cm³/mol.